The molecule has 3 unspecified atom stereocenters. The van der Waals surface area contributed by atoms with Crippen LogP contribution >= 0.6 is 0 Å². The minimum Gasteiger partial charge on any atom is -0.476 e. The van der Waals surface area contributed by atoms with Gasteiger partial charge in [0.25, 0.3) is 0 Å². The Bertz CT molecular complexity index is 1890. The predicted octanol–water partition coefficient (Wildman–Crippen LogP) is 4.70. The Morgan fingerprint density at radius 3 is 2.82 bits per heavy atom. The molecule has 0 bridgehead atoms. The number of nitrogen functional groups attached to an aromatic ring is 1. The number of aldehydes is 1. The molecule has 262 valence electrons. The van der Waals surface area contributed by atoms with Crippen LogP contribution in [0.25, 0.3) is 17.3 Å². The van der Waals surface area contributed by atoms with Gasteiger partial charge in [0.15, 0.2) is 23.6 Å². The number of benzene rings is 1. The van der Waals surface area contributed by atoms with Gasteiger partial charge in [0.1, 0.15) is 24.1 Å². The van der Waals surface area contributed by atoms with Crippen LogP contribution in [0.4, 0.5) is 5.69 Å². The number of carbonyl (C=O) groups is 1. The van der Waals surface area contributed by atoms with Gasteiger partial charge in [-0.15, -0.1) is 0 Å². The summed E-state index contributed by atoms with van der Waals surface area (Å²) in [4.78, 5) is 26.5. The van der Waals surface area contributed by atoms with Gasteiger partial charge in [0, 0.05) is 60.2 Å². The lowest BCUT2D eigenvalue weighted by Crippen LogP contribution is -2.31. The second kappa shape index (κ2) is 14.7. The quantitative estimate of drug-likeness (QED) is 0.163. The van der Waals surface area contributed by atoms with Crippen molar-refractivity contribution in [3.63, 3.8) is 0 Å². The van der Waals surface area contributed by atoms with Crippen molar-refractivity contribution in [1.82, 2.24) is 34.7 Å². The lowest BCUT2D eigenvalue weighted by atomic mass is 9.78. The summed E-state index contributed by atoms with van der Waals surface area (Å²) in [6.45, 7) is 5.60. The largest absolute Gasteiger partial charge is 0.476 e. The van der Waals surface area contributed by atoms with E-state index >= 15 is 0 Å². The molecule has 0 spiro atoms. The third-order valence-electron chi connectivity index (χ3n) is 10.5. The molecule has 2 fully saturated rings. The number of likely N-dealkylation sites (N-methyl/N-ethyl adjacent to an activating group) is 2. The van der Waals surface area contributed by atoms with Crippen molar-refractivity contribution in [2.75, 3.05) is 46.2 Å². The molecule has 3 aliphatic rings. The summed E-state index contributed by atoms with van der Waals surface area (Å²) in [5, 5.41) is 19.4. The molecular formula is C37H45N9O4. The Morgan fingerprint density at radius 2 is 2.08 bits per heavy atom. The second-order valence-corrected chi connectivity index (χ2v) is 13.8. The van der Waals surface area contributed by atoms with Crippen molar-refractivity contribution < 1.29 is 18.8 Å². The fourth-order valence-electron chi connectivity index (χ4n) is 7.70. The lowest BCUT2D eigenvalue weighted by molar-refractivity contribution is 0.111. The molecule has 7 rings (SSSR count). The molecule has 13 heteroatoms. The molecule has 1 aliphatic carbocycles. The maximum atomic E-state index is 12.2. The molecular weight excluding hydrogens is 634 g/mol. The fraction of sp³-hybridized carbons (Fsp3) is 0.514. The zero-order chi connectivity index (χ0) is 34.8. The lowest BCUT2D eigenvalue weighted by Gasteiger charge is -2.25. The van der Waals surface area contributed by atoms with Crippen molar-refractivity contribution >= 4 is 12.0 Å². The van der Waals surface area contributed by atoms with E-state index in [-0.39, 0.29) is 18.0 Å². The highest BCUT2D eigenvalue weighted by atomic mass is 16.5. The average Bonchev–Trinajstić information content (AvgIpc) is 3.95. The van der Waals surface area contributed by atoms with Gasteiger partial charge in [-0.25, -0.2) is 9.67 Å². The highest BCUT2D eigenvalue weighted by molar-refractivity contribution is 5.74. The van der Waals surface area contributed by atoms with E-state index in [2.05, 4.69) is 40.1 Å². The number of nitrogens with two attached hydrogens (primary N) is 1. The summed E-state index contributed by atoms with van der Waals surface area (Å²) in [5.41, 5.74) is 11.9. The number of hydrogen-bond acceptors (Lipinski definition) is 12. The molecule has 2 saturated heterocycles. The molecule has 13 nitrogen and oxygen atoms in total. The molecule has 0 radical (unpaired) electrons. The van der Waals surface area contributed by atoms with Crippen LogP contribution in [0.5, 0.6) is 5.88 Å². The summed E-state index contributed by atoms with van der Waals surface area (Å²) in [5.74, 6) is 1.77. The first kappa shape index (κ1) is 33.8. The minimum atomic E-state index is -0.164. The van der Waals surface area contributed by atoms with E-state index in [0.717, 1.165) is 98.8 Å². The average molecular weight is 680 g/mol. The predicted molar refractivity (Wildman–Crippen MR) is 186 cm³/mol. The van der Waals surface area contributed by atoms with Gasteiger partial charge in [0.05, 0.1) is 12.2 Å². The van der Waals surface area contributed by atoms with Crippen LogP contribution in [0.15, 0.2) is 28.9 Å². The maximum Gasteiger partial charge on any atom is 0.219 e. The zero-order valence-electron chi connectivity index (χ0n) is 29.1. The van der Waals surface area contributed by atoms with Crippen molar-refractivity contribution in [2.45, 2.75) is 82.8 Å². The third kappa shape index (κ3) is 6.63. The SMILES string of the molecule is CCCc1ccc(N)c(C#N)c1C1CCCc2c(-c3nc(OCC4CCCN4C)cc(-n4cc(CN(C)C5CCOC5)c(C=O)n4)n3)noc21. The Morgan fingerprint density at radius 1 is 1.20 bits per heavy atom. The summed E-state index contributed by atoms with van der Waals surface area (Å²) in [7, 11) is 4.15. The standard InChI is InChI=1S/C37H45N9O4/c1-4-7-23-11-12-30(39)29(17-38)34(23)27-9-5-10-28-35(43-50-36(27)28)37-40-32(16-33(41-37)49-22-25-8-6-14-44(25)2)46-19-24(31(20-47)42-46)18-45(3)26-13-15-48-21-26/h11-12,16,19-20,25-27H,4-10,13-15,18,21-22,39H2,1-3H3. The van der Waals surface area contributed by atoms with E-state index < -0.39 is 0 Å². The van der Waals surface area contributed by atoms with Gasteiger partial charge in [-0.05, 0) is 82.8 Å². The molecule has 3 aromatic heterocycles. The second-order valence-electron chi connectivity index (χ2n) is 13.8. The number of hydrogen-bond donors (Lipinski definition) is 1. The van der Waals surface area contributed by atoms with Crippen molar-refractivity contribution in [2.24, 2.45) is 0 Å². The molecule has 5 heterocycles. The normalized spacial score (nSPS) is 20.7. The van der Waals surface area contributed by atoms with Gasteiger partial charge >= 0.3 is 0 Å². The number of likely N-dealkylation sites (tertiary alicyclic amines) is 1. The number of aromatic nitrogens is 5. The van der Waals surface area contributed by atoms with Crippen LogP contribution in [-0.4, -0.2) is 93.5 Å². The molecule has 0 saturated carbocycles. The number of aryl methyl sites for hydroxylation is 1. The molecule has 50 heavy (non-hydrogen) atoms. The zero-order valence-corrected chi connectivity index (χ0v) is 29.1. The van der Waals surface area contributed by atoms with E-state index in [4.69, 9.17) is 29.7 Å². The fourth-order valence-corrected chi connectivity index (χ4v) is 7.70. The number of rotatable bonds is 12. The van der Waals surface area contributed by atoms with E-state index in [1.807, 2.05) is 25.4 Å². The molecule has 3 atom stereocenters. The number of carbonyl (C=O) groups excluding carboxylic acids is 1. The smallest absolute Gasteiger partial charge is 0.219 e. The first-order chi connectivity index (χ1) is 24.4. The van der Waals surface area contributed by atoms with Crippen LogP contribution < -0.4 is 10.5 Å². The number of nitrogens with zero attached hydrogens (tertiary/aromatic N) is 8. The third-order valence-corrected chi connectivity index (χ3v) is 10.5. The van der Waals surface area contributed by atoms with Crippen molar-refractivity contribution in [3.05, 3.63) is 63.7 Å². The van der Waals surface area contributed by atoms with E-state index in [9.17, 15) is 10.1 Å². The minimum absolute atomic E-state index is 0.164. The van der Waals surface area contributed by atoms with Crippen molar-refractivity contribution in [3.8, 4) is 29.3 Å². The molecule has 0 amide bonds. The van der Waals surface area contributed by atoms with Gasteiger partial charge in [-0.1, -0.05) is 24.6 Å². The number of ether oxygens (including phenoxy) is 2. The number of nitriles is 1. The van der Waals surface area contributed by atoms with Crippen LogP contribution in [0.3, 0.4) is 0 Å². The molecule has 4 aromatic rings. The number of anilines is 1. The van der Waals surface area contributed by atoms with Crippen molar-refractivity contribution in [1.29, 1.82) is 5.26 Å². The molecule has 1 aromatic carbocycles. The van der Waals surface area contributed by atoms with E-state index in [1.54, 1.807) is 10.7 Å². The first-order valence-corrected chi connectivity index (χ1v) is 17.7. The van der Waals surface area contributed by atoms with Crippen LogP contribution in [0.2, 0.25) is 0 Å². The monoisotopic (exact) mass is 679 g/mol. The van der Waals surface area contributed by atoms with Gasteiger partial charge in [0.2, 0.25) is 5.88 Å². The van der Waals surface area contributed by atoms with Gasteiger partial charge in [-0.2, -0.15) is 15.3 Å². The Kier molecular flexibility index (Phi) is 9.94. The topological polar surface area (TPSA) is 161 Å². The summed E-state index contributed by atoms with van der Waals surface area (Å²) in [6, 6.07) is 8.56. The summed E-state index contributed by atoms with van der Waals surface area (Å²) < 4.78 is 19.7. The van der Waals surface area contributed by atoms with Gasteiger partial charge in [-0.3, -0.25) is 9.69 Å². The number of fused-ring (bicyclic) bond motifs is 1. The molecule has 2 aliphatic heterocycles. The molecule has 2 N–H and O–H groups in total. The Balaban J connectivity index is 1.27. The van der Waals surface area contributed by atoms with Crippen LogP contribution in [-0.2, 0) is 24.1 Å². The van der Waals surface area contributed by atoms with Crippen LogP contribution in [0.1, 0.15) is 95.4 Å². The highest BCUT2D eigenvalue weighted by Crippen LogP contribution is 2.44. The summed E-state index contributed by atoms with van der Waals surface area (Å²) >= 11 is 0. The maximum absolute atomic E-state index is 12.2. The Labute approximate surface area is 292 Å². The van der Waals surface area contributed by atoms with E-state index in [1.165, 1.54) is 0 Å². The van der Waals surface area contributed by atoms with Gasteiger partial charge < -0.3 is 24.6 Å². The first-order valence-electron chi connectivity index (χ1n) is 17.7. The highest BCUT2D eigenvalue weighted by Gasteiger charge is 2.34. The summed E-state index contributed by atoms with van der Waals surface area (Å²) in [6.07, 6.45) is 9.95. The van der Waals surface area contributed by atoms with E-state index in [0.29, 0.717) is 59.9 Å². The Hall–Kier alpha value is -4.64. The van der Waals surface area contributed by atoms with Crippen LogP contribution in [0, 0.1) is 11.3 Å².